The Morgan fingerprint density at radius 1 is 1.27 bits per heavy atom. The molecule has 1 saturated carbocycles. The molecule has 1 aliphatic rings. The average molecular weight is 216 g/mol. The largest absolute Gasteiger partial charge is 0.411 e. The SMILES string of the molecule is Nc1cccc(NC2(C(F)(F)F)CC2)c1. The van der Waals surface area contributed by atoms with Crippen molar-refractivity contribution in [3.8, 4) is 0 Å². The average Bonchev–Trinajstić information content (AvgIpc) is 2.84. The van der Waals surface area contributed by atoms with Gasteiger partial charge in [-0.15, -0.1) is 0 Å². The molecule has 0 atom stereocenters. The third-order valence-electron chi connectivity index (χ3n) is 2.56. The molecule has 0 radical (unpaired) electrons. The first-order chi connectivity index (χ1) is 6.93. The third kappa shape index (κ3) is 1.86. The number of hydrogen-bond acceptors (Lipinski definition) is 2. The van der Waals surface area contributed by atoms with Crippen LogP contribution in [0.15, 0.2) is 24.3 Å². The topological polar surface area (TPSA) is 38.0 Å². The van der Waals surface area contributed by atoms with Crippen molar-refractivity contribution >= 4 is 11.4 Å². The van der Waals surface area contributed by atoms with Crippen LogP contribution < -0.4 is 11.1 Å². The first-order valence-corrected chi connectivity index (χ1v) is 4.63. The minimum atomic E-state index is -4.20. The molecule has 2 nitrogen and oxygen atoms in total. The number of halogens is 3. The maximum atomic E-state index is 12.6. The van der Waals surface area contributed by atoms with E-state index in [1.165, 1.54) is 6.07 Å². The fraction of sp³-hybridized carbons (Fsp3) is 0.400. The molecule has 5 heteroatoms. The van der Waals surface area contributed by atoms with E-state index < -0.39 is 11.7 Å². The van der Waals surface area contributed by atoms with Crippen LogP contribution in [0.1, 0.15) is 12.8 Å². The Hall–Kier alpha value is -1.39. The molecule has 15 heavy (non-hydrogen) atoms. The lowest BCUT2D eigenvalue weighted by Gasteiger charge is -2.21. The second-order valence-corrected chi connectivity index (χ2v) is 3.83. The standard InChI is InChI=1S/C10H11F3N2/c11-10(12,13)9(4-5-9)15-8-3-1-2-7(14)6-8/h1-3,6,15H,4-5,14H2. The van der Waals surface area contributed by atoms with Gasteiger partial charge in [0.25, 0.3) is 0 Å². The molecule has 0 bridgehead atoms. The number of rotatable bonds is 2. The highest BCUT2D eigenvalue weighted by molar-refractivity contribution is 5.56. The van der Waals surface area contributed by atoms with Gasteiger partial charge in [0.1, 0.15) is 5.54 Å². The number of hydrogen-bond donors (Lipinski definition) is 2. The summed E-state index contributed by atoms with van der Waals surface area (Å²) in [5.74, 6) is 0. The number of nitrogens with one attached hydrogen (secondary N) is 1. The number of anilines is 2. The van der Waals surface area contributed by atoms with Gasteiger partial charge in [0.15, 0.2) is 0 Å². The minimum absolute atomic E-state index is 0.130. The van der Waals surface area contributed by atoms with Crippen molar-refractivity contribution in [3.05, 3.63) is 24.3 Å². The summed E-state index contributed by atoms with van der Waals surface area (Å²) < 4.78 is 37.8. The zero-order valence-corrected chi connectivity index (χ0v) is 7.93. The van der Waals surface area contributed by atoms with Gasteiger partial charge in [0.2, 0.25) is 0 Å². The van der Waals surface area contributed by atoms with Gasteiger partial charge in [-0.25, -0.2) is 0 Å². The summed E-state index contributed by atoms with van der Waals surface area (Å²) in [6, 6.07) is 6.36. The number of nitrogens with two attached hydrogens (primary N) is 1. The van der Waals surface area contributed by atoms with Crippen molar-refractivity contribution in [2.45, 2.75) is 24.6 Å². The summed E-state index contributed by atoms with van der Waals surface area (Å²) in [6.45, 7) is 0. The van der Waals surface area contributed by atoms with E-state index in [9.17, 15) is 13.2 Å². The molecule has 0 heterocycles. The summed E-state index contributed by atoms with van der Waals surface area (Å²) >= 11 is 0. The quantitative estimate of drug-likeness (QED) is 0.746. The van der Waals surface area contributed by atoms with Crippen LogP contribution in [0.3, 0.4) is 0 Å². The summed E-state index contributed by atoms with van der Waals surface area (Å²) in [6.07, 6.45) is -3.94. The molecule has 0 saturated heterocycles. The molecule has 82 valence electrons. The van der Waals surface area contributed by atoms with Crippen LogP contribution in [0.2, 0.25) is 0 Å². The van der Waals surface area contributed by atoms with Crippen LogP contribution in [-0.4, -0.2) is 11.7 Å². The lowest BCUT2D eigenvalue weighted by atomic mass is 10.2. The van der Waals surface area contributed by atoms with Gasteiger partial charge < -0.3 is 11.1 Å². The van der Waals surface area contributed by atoms with Crippen LogP contribution in [0.25, 0.3) is 0 Å². The van der Waals surface area contributed by atoms with Crippen molar-refractivity contribution in [2.24, 2.45) is 0 Å². The molecule has 1 aliphatic carbocycles. The maximum Gasteiger partial charge on any atom is 0.411 e. The Balaban J connectivity index is 2.16. The normalized spacial score (nSPS) is 18.6. The van der Waals surface area contributed by atoms with Crippen LogP contribution in [0, 0.1) is 0 Å². The van der Waals surface area contributed by atoms with E-state index >= 15 is 0 Å². The van der Waals surface area contributed by atoms with E-state index in [-0.39, 0.29) is 12.8 Å². The van der Waals surface area contributed by atoms with Gasteiger partial charge in [-0.2, -0.15) is 13.2 Å². The first kappa shape index (κ1) is 10.1. The van der Waals surface area contributed by atoms with Crippen molar-refractivity contribution in [3.63, 3.8) is 0 Å². The molecule has 1 aromatic carbocycles. The van der Waals surface area contributed by atoms with Crippen molar-refractivity contribution < 1.29 is 13.2 Å². The molecule has 0 amide bonds. The van der Waals surface area contributed by atoms with Crippen molar-refractivity contribution in [1.29, 1.82) is 0 Å². The van der Waals surface area contributed by atoms with E-state index in [2.05, 4.69) is 5.32 Å². The summed E-state index contributed by atoms with van der Waals surface area (Å²) in [5.41, 5.74) is 4.64. The molecule has 3 N–H and O–H groups in total. The lowest BCUT2D eigenvalue weighted by molar-refractivity contribution is -0.151. The number of nitrogen functional groups attached to an aromatic ring is 1. The molecular formula is C10H11F3N2. The van der Waals surface area contributed by atoms with Gasteiger partial charge in [0, 0.05) is 11.4 Å². The van der Waals surface area contributed by atoms with Gasteiger partial charge in [-0.1, -0.05) is 6.07 Å². The molecule has 1 fully saturated rings. The Kier molecular flexibility index (Phi) is 2.06. The van der Waals surface area contributed by atoms with Gasteiger partial charge in [0.05, 0.1) is 0 Å². The van der Waals surface area contributed by atoms with E-state index in [0.717, 1.165) is 0 Å². The number of alkyl halides is 3. The minimum Gasteiger partial charge on any atom is -0.399 e. The van der Waals surface area contributed by atoms with Crippen LogP contribution in [-0.2, 0) is 0 Å². The predicted molar refractivity (Wildman–Crippen MR) is 52.5 cm³/mol. The van der Waals surface area contributed by atoms with Crippen molar-refractivity contribution in [1.82, 2.24) is 0 Å². The zero-order valence-electron chi connectivity index (χ0n) is 7.93. The first-order valence-electron chi connectivity index (χ1n) is 4.63. The highest BCUT2D eigenvalue weighted by Gasteiger charge is 2.63. The molecule has 0 aliphatic heterocycles. The van der Waals surface area contributed by atoms with Gasteiger partial charge in [-0.3, -0.25) is 0 Å². The summed E-state index contributed by atoms with van der Waals surface area (Å²) in [7, 11) is 0. The van der Waals surface area contributed by atoms with Gasteiger partial charge in [-0.05, 0) is 31.0 Å². The molecule has 2 rings (SSSR count). The maximum absolute atomic E-state index is 12.6. The van der Waals surface area contributed by atoms with Crippen LogP contribution in [0.5, 0.6) is 0 Å². The van der Waals surface area contributed by atoms with Gasteiger partial charge >= 0.3 is 6.18 Å². The fourth-order valence-electron chi connectivity index (χ4n) is 1.50. The van der Waals surface area contributed by atoms with E-state index in [1.807, 2.05) is 0 Å². The monoisotopic (exact) mass is 216 g/mol. The fourth-order valence-corrected chi connectivity index (χ4v) is 1.50. The van der Waals surface area contributed by atoms with Crippen LogP contribution in [0.4, 0.5) is 24.5 Å². The Morgan fingerprint density at radius 2 is 1.93 bits per heavy atom. The highest BCUT2D eigenvalue weighted by atomic mass is 19.4. The molecule has 0 aromatic heterocycles. The molecule has 0 spiro atoms. The molecule has 1 aromatic rings. The van der Waals surface area contributed by atoms with Crippen molar-refractivity contribution in [2.75, 3.05) is 11.1 Å². The highest BCUT2D eigenvalue weighted by Crippen LogP contribution is 2.51. The molecule has 0 unspecified atom stereocenters. The predicted octanol–water partition coefficient (Wildman–Crippen LogP) is 2.78. The Morgan fingerprint density at radius 3 is 2.40 bits per heavy atom. The lowest BCUT2D eigenvalue weighted by Crippen LogP contribution is -2.38. The zero-order chi connectivity index (χ0) is 11.1. The third-order valence-corrected chi connectivity index (χ3v) is 2.56. The second-order valence-electron chi connectivity index (χ2n) is 3.83. The van der Waals surface area contributed by atoms with Crippen LogP contribution >= 0.6 is 0 Å². The Bertz CT molecular complexity index is 369. The van der Waals surface area contributed by atoms with E-state index in [4.69, 9.17) is 5.73 Å². The Labute approximate surface area is 85.3 Å². The summed E-state index contributed by atoms with van der Waals surface area (Å²) in [5, 5.41) is 2.51. The second kappa shape index (κ2) is 3.05. The molecular weight excluding hydrogens is 205 g/mol. The number of benzene rings is 1. The van der Waals surface area contributed by atoms with E-state index in [0.29, 0.717) is 11.4 Å². The summed E-state index contributed by atoms with van der Waals surface area (Å²) in [4.78, 5) is 0. The smallest absolute Gasteiger partial charge is 0.399 e. The van der Waals surface area contributed by atoms with E-state index in [1.54, 1.807) is 18.2 Å².